The van der Waals surface area contributed by atoms with Crippen LogP contribution in [-0.4, -0.2) is 28.1 Å². The van der Waals surface area contributed by atoms with Crippen molar-refractivity contribution in [3.63, 3.8) is 0 Å². The number of halogens is 1. The molecule has 0 amide bonds. The van der Waals surface area contributed by atoms with Crippen molar-refractivity contribution in [2.45, 2.75) is 12.8 Å². The molecule has 0 unspecified atom stereocenters. The Labute approximate surface area is 202 Å². The van der Waals surface area contributed by atoms with Crippen LogP contribution < -0.4 is 11.5 Å². The average molecular weight is 468 g/mol. The summed E-state index contributed by atoms with van der Waals surface area (Å²) in [5.41, 5.74) is 14.9. The monoisotopic (exact) mass is 467 g/mol. The van der Waals surface area contributed by atoms with Crippen LogP contribution in [0.1, 0.15) is 39.9 Å². The van der Waals surface area contributed by atoms with Crippen LogP contribution in [0, 0.1) is 11.8 Å². The van der Waals surface area contributed by atoms with Gasteiger partial charge in [0, 0.05) is 64.0 Å². The van der Waals surface area contributed by atoms with Crippen LogP contribution in [0.25, 0.3) is 10.8 Å². The third kappa shape index (κ3) is 5.58. The highest BCUT2D eigenvalue weighted by Crippen LogP contribution is 2.25. The molecule has 0 spiro atoms. The first-order valence-electron chi connectivity index (χ1n) is 10.7. The fourth-order valence-electron chi connectivity index (χ4n) is 3.40. The average Bonchev–Trinajstić information content (AvgIpc) is 2.86. The lowest BCUT2D eigenvalue weighted by atomic mass is 10.0. The normalized spacial score (nSPS) is 11.1. The standard InChI is InChI=1S/C27H22ClN5O/c28-22-9-8-21-17-33-27(30)23(24(21)16-22)10-5-18-3-6-19(7-4-18)25(34)2-1-13-32-26(29)20-11-14-31-15-12-20/h3-4,6-9,11-12,14-17H,1-2,13H2,(H2,29,32)(H2,30,33). The number of aliphatic imine (C=N–C) groups is 1. The smallest absolute Gasteiger partial charge is 0.162 e. The molecule has 0 radical (unpaired) electrons. The van der Waals surface area contributed by atoms with Crippen LogP contribution in [0.3, 0.4) is 0 Å². The number of amidine groups is 1. The predicted molar refractivity (Wildman–Crippen MR) is 137 cm³/mol. The molecule has 168 valence electrons. The van der Waals surface area contributed by atoms with Crippen LogP contribution in [-0.2, 0) is 0 Å². The molecule has 0 saturated heterocycles. The Morgan fingerprint density at radius 2 is 1.76 bits per heavy atom. The SMILES string of the molecule is NC(=NCCCC(=O)c1ccc(C#Cc2c(N)ncc3ccc(Cl)cc23)cc1)c1ccncc1. The Kier molecular flexibility index (Phi) is 7.16. The number of nitrogens with two attached hydrogens (primary N) is 2. The molecule has 0 aliphatic heterocycles. The second-order valence-corrected chi connectivity index (χ2v) is 8.04. The molecule has 4 rings (SSSR count). The Bertz CT molecular complexity index is 1420. The van der Waals surface area contributed by atoms with Gasteiger partial charge in [-0.05, 0) is 42.8 Å². The largest absolute Gasteiger partial charge is 0.384 e. The van der Waals surface area contributed by atoms with E-state index in [0.717, 1.165) is 21.9 Å². The van der Waals surface area contributed by atoms with Gasteiger partial charge in [-0.3, -0.25) is 14.8 Å². The molecule has 0 aliphatic rings. The summed E-state index contributed by atoms with van der Waals surface area (Å²) in [7, 11) is 0. The van der Waals surface area contributed by atoms with Gasteiger partial charge >= 0.3 is 0 Å². The number of aromatic nitrogens is 2. The van der Waals surface area contributed by atoms with Crippen molar-refractivity contribution < 1.29 is 4.79 Å². The molecule has 4 N–H and O–H groups in total. The third-order valence-electron chi connectivity index (χ3n) is 5.24. The maximum absolute atomic E-state index is 12.5. The molecule has 34 heavy (non-hydrogen) atoms. The Hall–Kier alpha value is -4.21. The van der Waals surface area contributed by atoms with E-state index in [4.69, 9.17) is 23.1 Å². The van der Waals surface area contributed by atoms with Gasteiger partial charge in [-0.2, -0.15) is 0 Å². The molecule has 2 aromatic carbocycles. The Morgan fingerprint density at radius 3 is 2.53 bits per heavy atom. The maximum Gasteiger partial charge on any atom is 0.162 e. The summed E-state index contributed by atoms with van der Waals surface area (Å²) in [6, 6.07) is 16.3. The van der Waals surface area contributed by atoms with E-state index in [2.05, 4.69) is 26.8 Å². The molecule has 0 aliphatic carbocycles. The number of carbonyl (C=O) groups is 1. The second-order valence-electron chi connectivity index (χ2n) is 7.61. The zero-order chi connectivity index (χ0) is 23.9. The Balaban J connectivity index is 1.39. The van der Waals surface area contributed by atoms with E-state index in [9.17, 15) is 4.79 Å². The quantitative estimate of drug-likeness (QED) is 0.141. The molecule has 2 heterocycles. The molecule has 6 nitrogen and oxygen atoms in total. The number of hydrogen-bond acceptors (Lipinski definition) is 5. The van der Waals surface area contributed by atoms with Gasteiger partial charge in [0.2, 0.25) is 0 Å². The van der Waals surface area contributed by atoms with Crippen LogP contribution in [0.2, 0.25) is 5.02 Å². The number of benzene rings is 2. The number of nitrogens with zero attached hydrogens (tertiary/aromatic N) is 3. The number of hydrogen-bond donors (Lipinski definition) is 2. The summed E-state index contributed by atoms with van der Waals surface area (Å²) < 4.78 is 0. The maximum atomic E-state index is 12.5. The van der Waals surface area contributed by atoms with E-state index in [0.29, 0.717) is 47.2 Å². The molecular weight excluding hydrogens is 446 g/mol. The van der Waals surface area contributed by atoms with Crippen molar-refractivity contribution in [2.75, 3.05) is 12.3 Å². The first-order valence-corrected chi connectivity index (χ1v) is 11.1. The van der Waals surface area contributed by atoms with Gasteiger partial charge in [0.05, 0.1) is 5.56 Å². The number of rotatable bonds is 6. The highest BCUT2D eigenvalue weighted by atomic mass is 35.5. The lowest BCUT2D eigenvalue weighted by Crippen LogP contribution is -2.14. The van der Waals surface area contributed by atoms with Crippen molar-refractivity contribution in [2.24, 2.45) is 10.7 Å². The number of ketones is 1. The fraction of sp³-hybridized carbons (Fsp3) is 0.111. The summed E-state index contributed by atoms with van der Waals surface area (Å²) in [5.74, 6) is 7.05. The van der Waals surface area contributed by atoms with Crippen molar-refractivity contribution in [3.05, 3.63) is 100 Å². The highest BCUT2D eigenvalue weighted by molar-refractivity contribution is 6.31. The minimum atomic E-state index is 0.0503. The van der Waals surface area contributed by atoms with Gasteiger partial charge in [0.1, 0.15) is 11.7 Å². The summed E-state index contributed by atoms with van der Waals surface area (Å²) in [6.45, 7) is 0.480. The zero-order valence-electron chi connectivity index (χ0n) is 18.3. The van der Waals surface area contributed by atoms with E-state index in [1.54, 1.807) is 48.9 Å². The van der Waals surface area contributed by atoms with Crippen molar-refractivity contribution >= 4 is 39.8 Å². The predicted octanol–water partition coefficient (Wildman–Crippen LogP) is 4.63. The fourth-order valence-corrected chi connectivity index (χ4v) is 3.57. The lowest BCUT2D eigenvalue weighted by Gasteiger charge is -2.04. The van der Waals surface area contributed by atoms with Crippen molar-refractivity contribution in [1.82, 2.24) is 9.97 Å². The number of anilines is 1. The number of pyridine rings is 2. The minimum absolute atomic E-state index is 0.0503. The topological polar surface area (TPSA) is 107 Å². The highest BCUT2D eigenvalue weighted by Gasteiger charge is 2.07. The summed E-state index contributed by atoms with van der Waals surface area (Å²) in [6.07, 6.45) is 6.03. The first-order chi connectivity index (χ1) is 16.5. The van der Waals surface area contributed by atoms with Crippen molar-refractivity contribution in [1.29, 1.82) is 0 Å². The van der Waals surface area contributed by atoms with E-state index in [1.807, 2.05) is 24.3 Å². The molecule has 7 heteroatoms. The zero-order valence-corrected chi connectivity index (χ0v) is 19.1. The first kappa shape index (κ1) is 23.0. The van der Waals surface area contributed by atoms with Crippen LogP contribution in [0.5, 0.6) is 0 Å². The van der Waals surface area contributed by atoms with Gasteiger partial charge < -0.3 is 11.5 Å². The molecule has 2 aromatic heterocycles. The van der Waals surface area contributed by atoms with Gasteiger partial charge in [-0.15, -0.1) is 0 Å². The minimum Gasteiger partial charge on any atom is -0.384 e. The van der Waals surface area contributed by atoms with Gasteiger partial charge in [0.15, 0.2) is 5.78 Å². The molecule has 0 bridgehead atoms. The molecule has 0 saturated carbocycles. The number of Topliss-reactive ketones (excluding diaryl/α,β-unsaturated/α-hetero) is 1. The van der Waals surface area contributed by atoms with Gasteiger partial charge in [-0.1, -0.05) is 41.6 Å². The van der Waals surface area contributed by atoms with Gasteiger partial charge in [0.25, 0.3) is 0 Å². The summed E-state index contributed by atoms with van der Waals surface area (Å²) in [5, 5.41) is 2.37. The number of nitrogen functional groups attached to an aromatic ring is 1. The third-order valence-corrected chi connectivity index (χ3v) is 5.48. The van der Waals surface area contributed by atoms with E-state index >= 15 is 0 Å². The van der Waals surface area contributed by atoms with Crippen LogP contribution in [0.15, 0.2) is 78.2 Å². The molecule has 0 atom stereocenters. The summed E-state index contributed by atoms with van der Waals surface area (Å²) in [4.78, 5) is 25.0. The molecule has 4 aromatic rings. The van der Waals surface area contributed by atoms with E-state index in [-0.39, 0.29) is 5.78 Å². The van der Waals surface area contributed by atoms with Gasteiger partial charge in [-0.25, -0.2) is 4.98 Å². The van der Waals surface area contributed by atoms with Crippen LogP contribution in [0.4, 0.5) is 5.82 Å². The van der Waals surface area contributed by atoms with Crippen molar-refractivity contribution in [3.8, 4) is 11.8 Å². The molecular formula is C27H22ClN5O. The second kappa shape index (κ2) is 10.6. The van der Waals surface area contributed by atoms with Crippen LogP contribution >= 0.6 is 11.6 Å². The number of fused-ring (bicyclic) bond motifs is 1. The Morgan fingerprint density at radius 1 is 1.00 bits per heavy atom. The lowest BCUT2D eigenvalue weighted by molar-refractivity contribution is 0.0981. The number of carbonyl (C=O) groups excluding carboxylic acids is 1. The molecule has 0 fully saturated rings. The van der Waals surface area contributed by atoms with E-state index < -0.39 is 0 Å². The summed E-state index contributed by atoms with van der Waals surface area (Å²) >= 11 is 6.14. The van der Waals surface area contributed by atoms with E-state index in [1.165, 1.54) is 0 Å².